The molecule has 0 unspecified atom stereocenters. The molecule has 0 aliphatic carbocycles. The minimum absolute atomic E-state index is 0.451. The predicted octanol–water partition coefficient (Wildman–Crippen LogP) is 1.57. The molecule has 4 heteroatoms. The van der Waals surface area contributed by atoms with E-state index in [1.54, 1.807) is 30.5 Å². The van der Waals surface area contributed by atoms with Crippen molar-refractivity contribution in [2.24, 2.45) is 16.5 Å². The average Bonchev–Trinajstić information content (AvgIpc) is 2.43. The van der Waals surface area contributed by atoms with Crippen LogP contribution in [0.4, 0.5) is 0 Å². The zero-order valence-corrected chi connectivity index (χ0v) is 10.7. The molecule has 0 spiro atoms. The first-order valence-corrected chi connectivity index (χ1v) is 5.94. The van der Waals surface area contributed by atoms with E-state index >= 15 is 0 Å². The number of allylic oxidation sites excluding steroid dienone is 1. The number of aliphatic imine (C=N–C) groups is 1. The molecule has 0 saturated heterocycles. The standard InChI is InChI=1S/C15H17N3O/c1-2-3-4-9-18-11-14(10-16)12-5-7-13(8-6-12)15(17)19/h1,5-8,10-11H,3-4,9,16H2,(H2,17,19)/b14-10+,18-11?. The third kappa shape index (κ3) is 4.68. The van der Waals surface area contributed by atoms with Crippen molar-refractivity contribution in [1.82, 2.24) is 0 Å². The van der Waals surface area contributed by atoms with Crippen molar-refractivity contribution >= 4 is 17.7 Å². The Bertz CT molecular complexity index is 521. The molecule has 0 fully saturated rings. The second-order valence-electron chi connectivity index (χ2n) is 3.91. The predicted molar refractivity (Wildman–Crippen MR) is 78.6 cm³/mol. The fourth-order valence-corrected chi connectivity index (χ4v) is 1.48. The summed E-state index contributed by atoms with van der Waals surface area (Å²) in [4.78, 5) is 15.2. The maximum atomic E-state index is 11.0. The smallest absolute Gasteiger partial charge is 0.248 e. The van der Waals surface area contributed by atoms with E-state index in [9.17, 15) is 4.79 Å². The van der Waals surface area contributed by atoms with Gasteiger partial charge in [-0.25, -0.2) is 0 Å². The quantitative estimate of drug-likeness (QED) is 0.459. The second-order valence-corrected chi connectivity index (χ2v) is 3.91. The Labute approximate surface area is 113 Å². The lowest BCUT2D eigenvalue weighted by atomic mass is 10.1. The SMILES string of the molecule is C#CCCCN=C/C(=C\N)c1ccc(C(N)=O)cc1. The number of benzene rings is 1. The molecule has 1 aromatic rings. The Hall–Kier alpha value is -2.54. The highest BCUT2D eigenvalue weighted by atomic mass is 16.1. The molecule has 1 aromatic carbocycles. The van der Waals surface area contributed by atoms with Crippen LogP contribution in [-0.2, 0) is 0 Å². The first kappa shape index (κ1) is 14.5. The van der Waals surface area contributed by atoms with E-state index in [-0.39, 0.29) is 0 Å². The van der Waals surface area contributed by atoms with Crippen molar-refractivity contribution in [3.8, 4) is 12.3 Å². The van der Waals surface area contributed by atoms with E-state index in [0.29, 0.717) is 18.5 Å². The van der Waals surface area contributed by atoms with Gasteiger partial charge in [0.25, 0.3) is 0 Å². The highest BCUT2D eigenvalue weighted by Gasteiger charge is 2.02. The molecule has 0 aliphatic rings. The van der Waals surface area contributed by atoms with Crippen LogP contribution in [0.2, 0.25) is 0 Å². The summed E-state index contributed by atoms with van der Waals surface area (Å²) in [7, 11) is 0. The molecular formula is C15H17N3O. The van der Waals surface area contributed by atoms with Gasteiger partial charge >= 0.3 is 0 Å². The third-order valence-electron chi connectivity index (χ3n) is 2.52. The van der Waals surface area contributed by atoms with E-state index < -0.39 is 5.91 Å². The molecule has 0 radical (unpaired) electrons. The molecule has 98 valence electrons. The second kappa shape index (κ2) is 7.72. The van der Waals surface area contributed by atoms with Crippen molar-refractivity contribution in [1.29, 1.82) is 0 Å². The Morgan fingerprint density at radius 2 is 1.95 bits per heavy atom. The number of carbonyl (C=O) groups excluding carboxylic acids is 1. The first-order valence-electron chi connectivity index (χ1n) is 5.94. The van der Waals surface area contributed by atoms with E-state index in [0.717, 1.165) is 17.6 Å². The lowest BCUT2D eigenvalue weighted by molar-refractivity contribution is 0.100. The molecule has 0 heterocycles. The monoisotopic (exact) mass is 255 g/mol. The van der Waals surface area contributed by atoms with Crippen molar-refractivity contribution in [3.63, 3.8) is 0 Å². The number of terminal acetylenes is 1. The van der Waals surface area contributed by atoms with E-state index in [4.69, 9.17) is 17.9 Å². The number of primary amides is 1. The summed E-state index contributed by atoms with van der Waals surface area (Å²) in [5.41, 5.74) is 12.9. The topological polar surface area (TPSA) is 81.5 Å². The van der Waals surface area contributed by atoms with Crippen LogP contribution < -0.4 is 11.5 Å². The van der Waals surface area contributed by atoms with Gasteiger partial charge in [0.2, 0.25) is 5.91 Å². The molecule has 1 rings (SSSR count). The van der Waals surface area contributed by atoms with Crippen molar-refractivity contribution in [2.75, 3.05) is 6.54 Å². The number of hydrogen-bond acceptors (Lipinski definition) is 3. The number of amides is 1. The van der Waals surface area contributed by atoms with Gasteiger partial charge in [0.15, 0.2) is 0 Å². The van der Waals surface area contributed by atoms with Crippen LogP contribution in [0, 0.1) is 12.3 Å². The number of hydrogen-bond donors (Lipinski definition) is 2. The summed E-state index contributed by atoms with van der Waals surface area (Å²) in [5.74, 6) is 2.11. The number of nitrogens with zero attached hydrogens (tertiary/aromatic N) is 1. The minimum atomic E-state index is -0.451. The van der Waals surface area contributed by atoms with Crippen LogP contribution in [0.1, 0.15) is 28.8 Å². The fraction of sp³-hybridized carbons (Fsp3) is 0.200. The number of nitrogens with two attached hydrogens (primary N) is 2. The van der Waals surface area contributed by atoms with Gasteiger partial charge < -0.3 is 11.5 Å². The number of unbranched alkanes of at least 4 members (excludes halogenated alkanes) is 1. The molecule has 0 aliphatic heterocycles. The maximum Gasteiger partial charge on any atom is 0.248 e. The zero-order chi connectivity index (χ0) is 14.1. The van der Waals surface area contributed by atoms with Gasteiger partial charge in [0, 0.05) is 36.5 Å². The van der Waals surface area contributed by atoms with E-state index in [1.165, 1.54) is 6.20 Å². The number of carbonyl (C=O) groups is 1. The average molecular weight is 255 g/mol. The molecule has 4 N–H and O–H groups in total. The lowest BCUT2D eigenvalue weighted by Gasteiger charge is -2.02. The molecule has 1 amide bonds. The normalized spacial score (nSPS) is 11.4. The molecule has 0 bridgehead atoms. The van der Waals surface area contributed by atoms with Gasteiger partial charge in [0.1, 0.15) is 0 Å². The van der Waals surface area contributed by atoms with Crippen LogP contribution in [0.25, 0.3) is 5.57 Å². The Balaban J connectivity index is 2.70. The van der Waals surface area contributed by atoms with E-state index in [1.807, 2.05) is 0 Å². The summed E-state index contributed by atoms with van der Waals surface area (Å²) >= 11 is 0. The Morgan fingerprint density at radius 1 is 1.32 bits per heavy atom. The Kier molecular flexibility index (Phi) is 5.90. The van der Waals surface area contributed by atoms with Crippen molar-refractivity contribution in [2.45, 2.75) is 12.8 Å². The Morgan fingerprint density at radius 3 is 2.47 bits per heavy atom. The van der Waals surface area contributed by atoms with Crippen LogP contribution in [-0.4, -0.2) is 18.7 Å². The summed E-state index contributed by atoms with van der Waals surface area (Å²) in [6.45, 7) is 0.668. The molecule has 0 atom stereocenters. The molecule has 19 heavy (non-hydrogen) atoms. The zero-order valence-electron chi connectivity index (χ0n) is 10.7. The molecule has 4 nitrogen and oxygen atoms in total. The van der Waals surface area contributed by atoms with Crippen LogP contribution in [0.5, 0.6) is 0 Å². The number of rotatable bonds is 6. The summed E-state index contributed by atoms with van der Waals surface area (Å²) < 4.78 is 0. The van der Waals surface area contributed by atoms with Gasteiger partial charge in [-0.3, -0.25) is 9.79 Å². The molecule has 0 aromatic heterocycles. The maximum absolute atomic E-state index is 11.0. The van der Waals surface area contributed by atoms with Crippen molar-refractivity contribution < 1.29 is 4.79 Å². The highest BCUT2D eigenvalue weighted by Crippen LogP contribution is 2.12. The van der Waals surface area contributed by atoms with Gasteiger partial charge in [0.05, 0.1) is 0 Å². The first-order chi connectivity index (χ1) is 9.19. The summed E-state index contributed by atoms with van der Waals surface area (Å²) in [6.07, 6.45) is 9.90. The largest absolute Gasteiger partial charge is 0.404 e. The van der Waals surface area contributed by atoms with Crippen LogP contribution in [0.15, 0.2) is 35.5 Å². The molecule has 0 saturated carbocycles. The van der Waals surface area contributed by atoms with Gasteiger partial charge in [-0.05, 0) is 24.1 Å². The van der Waals surface area contributed by atoms with Gasteiger partial charge in [-0.1, -0.05) is 12.1 Å². The van der Waals surface area contributed by atoms with Gasteiger partial charge in [-0.15, -0.1) is 12.3 Å². The molecular weight excluding hydrogens is 238 g/mol. The van der Waals surface area contributed by atoms with Gasteiger partial charge in [-0.2, -0.15) is 0 Å². The third-order valence-corrected chi connectivity index (χ3v) is 2.52. The van der Waals surface area contributed by atoms with Crippen LogP contribution >= 0.6 is 0 Å². The fourth-order valence-electron chi connectivity index (χ4n) is 1.48. The lowest BCUT2D eigenvalue weighted by Crippen LogP contribution is -2.10. The van der Waals surface area contributed by atoms with Crippen molar-refractivity contribution in [3.05, 3.63) is 41.6 Å². The highest BCUT2D eigenvalue weighted by molar-refractivity contribution is 6.09. The minimum Gasteiger partial charge on any atom is -0.404 e. The summed E-state index contributed by atoms with van der Waals surface area (Å²) in [5, 5.41) is 0. The van der Waals surface area contributed by atoms with Crippen LogP contribution in [0.3, 0.4) is 0 Å². The van der Waals surface area contributed by atoms with E-state index in [2.05, 4.69) is 10.9 Å². The summed E-state index contributed by atoms with van der Waals surface area (Å²) in [6, 6.07) is 6.89.